The number of para-hydroxylation sites is 1. The van der Waals surface area contributed by atoms with Gasteiger partial charge in [-0.15, -0.1) is 11.8 Å². The highest BCUT2D eigenvalue weighted by Crippen LogP contribution is 2.37. The number of carboxylic acid groups (broad SMARTS) is 1. The monoisotopic (exact) mass is 566 g/mol. The fraction of sp³-hybridized carbons (Fsp3) is 0.0312. The lowest BCUT2D eigenvalue weighted by Gasteiger charge is -2.18. The van der Waals surface area contributed by atoms with Crippen molar-refractivity contribution in [3.05, 3.63) is 137 Å². The molecule has 0 saturated heterocycles. The summed E-state index contributed by atoms with van der Waals surface area (Å²) in [4.78, 5) is 39.1. The van der Waals surface area contributed by atoms with Crippen molar-refractivity contribution in [1.29, 1.82) is 0 Å². The van der Waals surface area contributed by atoms with Crippen molar-refractivity contribution < 1.29 is 19.5 Å². The Morgan fingerprint density at radius 3 is 2.02 bits per heavy atom. The van der Waals surface area contributed by atoms with E-state index in [1.54, 1.807) is 66.7 Å². The van der Waals surface area contributed by atoms with E-state index in [-0.39, 0.29) is 17.0 Å². The summed E-state index contributed by atoms with van der Waals surface area (Å²) in [6, 6.07) is 33.7. The molecule has 0 aliphatic carbocycles. The molecule has 3 N–H and O–H groups in total. The van der Waals surface area contributed by atoms with E-state index in [0.29, 0.717) is 27.2 Å². The van der Waals surface area contributed by atoms with Crippen LogP contribution in [0, 0.1) is 0 Å². The maximum absolute atomic E-state index is 13.3. The zero-order valence-electron chi connectivity index (χ0n) is 21.0. The van der Waals surface area contributed by atoms with Crippen LogP contribution >= 0.6 is 23.4 Å². The third kappa shape index (κ3) is 6.01. The minimum absolute atomic E-state index is 0.0667. The molecule has 0 aliphatic rings. The zero-order chi connectivity index (χ0) is 28.1. The molecule has 0 saturated carbocycles. The number of nitrogens with one attached hydrogen (secondary N) is 2. The Morgan fingerprint density at radius 2 is 1.35 bits per heavy atom. The average Bonchev–Trinajstić information content (AvgIpc) is 2.97. The first-order chi connectivity index (χ1) is 19.4. The summed E-state index contributed by atoms with van der Waals surface area (Å²) in [6.45, 7) is 0. The van der Waals surface area contributed by atoms with Gasteiger partial charge in [-0.25, -0.2) is 4.79 Å². The topological polar surface area (TPSA) is 95.5 Å². The number of hydrogen-bond donors (Lipinski definition) is 3. The maximum atomic E-state index is 13.3. The number of thioether (sulfide) groups is 1. The molecule has 5 aromatic carbocycles. The molecule has 5 aromatic rings. The van der Waals surface area contributed by atoms with Crippen LogP contribution < -0.4 is 10.6 Å². The number of benzene rings is 5. The van der Waals surface area contributed by atoms with Crippen LogP contribution in [0.15, 0.2) is 120 Å². The Balaban J connectivity index is 1.35. The summed E-state index contributed by atoms with van der Waals surface area (Å²) < 4.78 is 0. The first kappa shape index (κ1) is 27.0. The molecule has 198 valence electrons. The van der Waals surface area contributed by atoms with Gasteiger partial charge in [0.05, 0.1) is 16.3 Å². The highest BCUT2D eigenvalue weighted by Gasteiger charge is 2.23. The first-order valence-corrected chi connectivity index (χ1v) is 13.6. The molecule has 8 heteroatoms. The van der Waals surface area contributed by atoms with Gasteiger partial charge < -0.3 is 15.7 Å². The molecule has 0 bridgehead atoms. The van der Waals surface area contributed by atoms with Gasteiger partial charge in [0.25, 0.3) is 5.91 Å². The fourth-order valence-electron chi connectivity index (χ4n) is 4.32. The summed E-state index contributed by atoms with van der Waals surface area (Å²) in [7, 11) is 0. The largest absolute Gasteiger partial charge is 0.478 e. The lowest BCUT2D eigenvalue weighted by molar-refractivity contribution is -0.115. The quantitative estimate of drug-likeness (QED) is 0.166. The SMILES string of the molecule is O=C(O)c1cccc2cccc(C(=O)Nc3ccc(SC(C(=O)Nc4ccccc4Cl)c4ccccc4)cc3)c12. The predicted octanol–water partition coefficient (Wildman–Crippen LogP) is 7.92. The van der Waals surface area contributed by atoms with E-state index in [0.717, 1.165) is 10.5 Å². The van der Waals surface area contributed by atoms with Gasteiger partial charge in [-0.1, -0.05) is 78.3 Å². The van der Waals surface area contributed by atoms with Crippen LogP contribution in [0.3, 0.4) is 0 Å². The van der Waals surface area contributed by atoms with Crippen LogP contribution in [-0.4, -0.2) is 22.9 Å². The number of hydrogen-bond acceptors (Lipinski definition) is 4. The second kappa shape index (κ2) is 12.1. The third-order valence-corrected chi connectivity index (χ3v) is 7.81. The number of carbonyl (C=O) groups excluding carboxylic acids is 2. The van der Waals surface area contributed by atoms with E-state index < -0.39 is 17.1 Å². The highest BCUT2D eigenvalue weighted by atomic mass is 35.5. The van der Waals surface area contributed by atoms with Crippen LogP contribution in [0.1, 0.15) is 31.5 Å². The van der Waals surface area contributed by atoms with Crippen LogP contribution in [0.25, 0.3) is 10.8 Å². The normalized spacial score (nSPS) is 11.5. The third-order valence-electron chi connectivity index (χ3n) is 6.22. The lowest BCUT2D eigenvalue weighted by atomic mass is 9.98. The van der Waals surface area contributed by atoms with Crippen molar-refractivity contribution in [2.24, 2.45) is 0 Å². The minimum atomic E-state index is -1.10. The number of halogens is 1. The number of anilines is 2. The summed E-state index contributed by atoms with van der Waals surface area (Å²) in [6.07, 6.45) is 0. The first-order valence-electron chi connectivity index (χ1n) is 12.3. The molecule has 1 unspecified atom stereocenters. The van der Waals surface area contributed by atoms with Crippen molar-refractivity contribution in [3.63, 3.8) is 0 Å². The number of fused-ring (bicyclic) bond motifs is 1. The van der Waals surface area contributed by atoms with E-state index in [1.807, 2.05) is 42.5 Å². The molecule has 0 fully saturated rings. The number of rotatable bonds is 8. The molecular weight excluding hydrogens is 544 g/mol. The summed E-state index contributed by atoms with van der Waals surface area (Å²) in [5.41, 5.74) is 2.25. The van der Waals surface area contributed by atoms with E-state index in [9.17, 15) is 19.5 Å². The Hall–Kier alpha value is -4.59. The molecule has 5 rings (SSSR count). The molecule has 0 aromatic heterocycles. The highest BCUT2D eigenvalue weighted by molar-refractivity contribution is 8.00. The Labute approximate surface area is 240 Å². The minimum Gasteiger partial charge on any atom is -0.478 e. The molecule has 0 heterocycles. The molecule has 0 aliphatic heterocycles. The van der Waals surface area contributed by atoms with Crippen molar-refractivity contribution in [2.75, 3.05) is 10.6 Å². The molecule has 40 heavy (non-hydrogen) atoms. The van der Waals surface area contributed by atoms with Crippen LogP contribution in [0.2, 0.25) is 5.02 Å². The van der Waals surface area contributed by atoms with Gasteiger partial charge in [0.15, 0.2) is 0 Å². The van der Waals surface area contributed by atoms with Crippen LogP contribution in [0.4, 0.5) is 11.4 Å². The Morgan fingerprint density at radius 1 is 0.700 bits per heavy atom. The van der Waals surface area contributed by atoms with Crippen molar-refractivity contribution in [2.45, 2.75) is 10.1 Å². The van der Waals surface area contributed by atoms with E-state index in [2.05, 4.69) is 10.6 Å². The van der Waals surface area contributed by atoms with Crippen molar-refractivity contribution in [1.82, 2.24) is 0 Å². The Bertz CT molecular complexity index is 1700. The van der Waals surface area contributed by atoms with Crippen LogP contribution in [-0.2, 0) is 4.79 Å². The van der Waals surface area contributed by atoms with Gasteiger partial charge in [0.2, 0.25) is 5.91 Å². The Kier molecular flexibility index (Phi) is 8.15. The molecule has 2 amide bonds. The van der Waals surface area contributed by atoms with Crippen molar-refractivity contribution >= 4 is 63.3 Å². The number of aromatic carboxylic acids is 1. The predicted molar refractivity (Wildman–Crippen MR) is 160 cm³/mol. The smallest absolute Gasteiger partial charge is 0.336 e. The maximum Gasteiger partial charge on any atom is 0.336 e. The fourth-order valence-corrected chi connectivity index (χ4v) is 5.53. The standard InChI is InChI=1S/C32H23ClN2O4S/c33-26-14-4-5-15-27(26)35-31(37)29(21-8-2-1-3-9-21)40-23-18-16-22(17-19-23)34-30(36)24-12-6-10-20-11-7-13-25(28(20)24)32(38)39/h1-19,29H,(H,34,36)(H,35,37)(H,38,39). The van der Waals surface area contributed by atoms with Gasteiger partial charge in [-0.05, 0) is 59.5 Å². The second-order valence-electron chi connectivity index (χ2n) is 8.87. The average molecular weight is 567 g/mol. The van der Waals surface area contributed by atoms with Crippen molar-refractivity contribution in [3.8, 4) is 0 Å². The zero-order valence-corrected chi connectivity index (χ0v) is 22.6. The lowest BCUT2D eigenvalue weighted by Crippen LogP contribution is -2.19. The van der Waals surface area contributed by atoms with Gasteiger partial charge in [0.1, 0.15) is 5.25 Å². The molecule has 0 radical (unpaired) electrons. The van der Waals surface area contributed by atoms with Gasteiger partial charge >= 0.3 is 5.97 Å². The van der Waals surface area contributed by atoms with Gasteiger partial charge in [-0.3, -0.25) is 9.59 Å². The van der Waals surface area contributed by atoms with E-state index in [1.165, 1.54) is 17.8 Å². The summed E-state index contributed by atoms with van der Waals surface area (Å²) >= 11 is 7.63. The number of amides is 2. The molecule has 0 spiro atoms. The van der Waals surface area contributed by atoms with E-state index in [4.69, 9.17) is 11.6 Å². The number of carbonyl (C=O) groups is 3. The second-order valence-corrected chi connectivity index (χ2v) is 10.5. The van der Waals surface area contributed by atoms with E-state index >= 15 is 0 Å². The number of carboxylic acids is 1. The van der Waals surface area contributed by atoms with Crippen LogP contribution in [0.5, 0.6) is 0 Å². The van der Waals surface area contributed by atoms with Gasteiger partial charge in [0, 0.05) is 21.5 Å². The summed E-state index contributed by atoms with van der Waals surface area (Å²) in [5.74, 6) is -1.73. The molecular formula is C32H23ClN2O4S. The summed E-state index contributed by atoms with van der Waals surface area (Å²) in [5, 5.41) is 16.4. The molecule has 1 atom stereocenters. The molecule has 6 nitrogen and oxygen atoms in total. The van der Waals surface area contributed by atoms with Gasteiger partial charge in [-0.2, -0.15) is 0 Å².